The molecule has 0 aromatic carbocycles. The second-order valence-corrected chi connectivity index (χ2v) is 1.65. The molecule has 1 nitrogen and oxygen atoms in total. The number of aliphatic hydroxyl groups excluding tert-OH is 1. The highest BCUT2D eigenvalue weighted by Gasteiger charge is 1.99. The minimum atomic E-state index is -1.06. The maximum absolute atomic E-state index is 12.0. The number of allylic oxidation sites excluding steroid dienone is 1. The van der Waals surface area contributed by atoms with Gasteiger partial charge in [0.2, 0.25) is 0 Å². The van der Waals surface area contributed by atoms with Gasteiger partial charge in [0.1, 0.15) is 6.17 Å². The van der Waals surface area contributed by atoms with Crippen molar-refractivity contribution in [3.05, 3.63) is 12.7 Å². The van der Waals surface area contributed by atoms with Gasteiger partial charge in [0.25, 0.3) is 0 Å². The SMILES string of the molecule is C=CCC[C@@H](F)CO. The van der Waals surface area contributed by atoms with Gasteiger partial charge in [-0.25, -0.2) is 4.39 Å². The number of hydrogen-bond donors (Lipinski definition) is 1. The third-order valence-corrected chi connectivity index (χ3v) is 0.882. The Balaban J connectivity index is 2.97. The summed E-state index contributed by atoms with van der Waals surface area (Å²) < 4.78 is 12.0. The molecule has 0 saturated heterocycles. The van der Waals surface area contributed by atoms with E-state index in [1.165, 1.54) is 0 Å². The Kier molecular flexibility index (Phi) is 4.56. The normalized spacial score (nSPS) is 13.2. The van der Waals surface area contributed by atoms with Crippen molar-refractivity contribution in [3.63, 3.8) is 0 Å². The number of halogens is 1. The molecule has 0 radical (unpaired) electrons. The summed E-state index contributed by atoms with van der Waals surface area (Å²) in [4.78, 5) is 0. The van der Waals surface area contributed by atoms with Crippen LogP contribution in [0.15, 0.2) is 12.7 Å². The minimum absolute atomic E-state index is 0.367. The van der Waals surface area contributed by atoms with Crippen LogP contribution in [0.5, 0.6) is 0 Å². The van der Waals surface area contributed by atoms with Gasteiger partial charge in [0.15, 0.2) is 0 Å². The van der Waals surface area contributed by atoms with Gasteiger partial charge in [-0.15, -0.1) is 6.58 Å². The largest absolute Gasteiger partial charge is 0.393 e. The van der Waals surface area contributed by atoms with Gasteiger partial charge >= 0.3 is 0 Å². The fraction of sp³-hybridized carbons (Fsp3) is 0.667. The topological polar surface area (TPSA) is 20.2 Å². The van der Waals surface area contributed by atoms with Gasteiger partial charge in [0, 0.05) is 0 Å². The van der Waals surface area contributed by atoms with Gasteiger partial charge < -0.3 is 5.11 Å². The first kappa shape index (κ1) is 7.63. The van der Waals surface area contributed by atoms with Crippen LogP contribution < -0.4 is 0 Å². The second kappa shape index (κ2) is 4.78. The van der Waals surface area contributed by atoms with Crippen molar-refractivity contribution < 1.29 is 9.50 Å². The standard InChI is InChI=1S/C6H11FO/c1-2-3-4-6(7)5-8/h2,6,8H,1,3-5H2/t6-/m1/s1. The van der Waals surface area contributed by atoms with Crippen molar-refractivity contribution in [3.8, 4) is 0 Å². The molecule has 0 aromatic rings. The van der Waals surface area contributed by atoms with Crippen LogP contribution in [0.1, 0.15) is 12.8 Å². The van der Waals surface area contributed by atoms with Gasteiger partial charge in [0.05, 0.1) is 6.61 Å². The van der Waals surface area contributed by atoms with Crippen molar-refractivity contribution >= 4 is 0 Å². The van der Waals surface area contributed by atoms with Crippen LogP contribution in [0, 0.1) is 0 Å². The monoisotopic (exact) mass is 118 g/mol. The third kappa shape index (κ3) is 3.81. The van der Waals surface area contributed by atoms with Crippen LogP contribution in [0.4, 0.5) is 4.39 Å². The fourth-order valence-electron chi connectivity index (χ4n) is 0.390. The quantitative estimate of drug-likeness (QED) is 0.551. The summed E-state index contributed by atoms with van der Waals surface area (Å²) in [5.41, 5.74) is 0. The Hall–Kier alpha value is -0.370. The highest BCUT2D eigenvalue weighted by molar-refractivity contribution is 4.68. The zero-order valence-electron chi connectivity index (χ0n) is 4.81. The molecule has 8 heavy (non-hydrogen) atoms. The van der Waals surface area contributed by atoms with E-state index in [0.717, 1.165) is 0 Å². The molecule has 0 saturated carbocycles. The van der Waals surface area contributed by atoms with Crippen molar-refractivity contribution in [2.45, 2.75) is 19.0 Å². The molecule has 0 fully saturated rings. The van der Waals surface area contributed by atoms with E-state index >= 15 is 0 Å². The summed E-state index contributed by atoms with van der Waals surface area (Å²) in [6.07, 6.45) is 1.61. The maximum atomic E-state index is 12.0. The number of aliphatic hydroxyl groups is 1. The molecule has 0 unspecified atom stereocenters. The van der Waals surface area contributed by atoms with Gasteiger partial charge in [-0.05, 0) is 12.8 Å². The van der Waals surface area contributed by atoms with Gasteiger partial charge in [-0.2, -0.15) is 0 Å². The number of alkyl halides is 1. The average molecular weight is 118 g/mol. The van der Waals surface area contributed by atoms with Crippen molar-refractivity contribution in [1.82, 2.24) is 0 Å². The van der Waals surface area contributed by atoms with Crippen molar-refractivity contribution in [2.75, 3.05) is 6.61 Å². The summed E-state index contributed by atoms with van der Waals surface area (Å²) in [6, 6.07) is 0. The van der Waals surface area contributed by atoms with E-state index in [4.69, 9.17) is 5.11 Å². The summed E-state index contributed by atoms with van der Waals surface area (Å²) in [7, 11) is 0. The lowest BCUT2D eigenvalue weighted by atomic mass is 10.2. The van der Waals surface area contributed by atoms with E-state index in [0.29, 0.717) is 12.8 Å². The molecular weight excluding hydrogens is 107 g/mol. The van der Waals surface area contributed by atoms with E-state index < -0.39 is 6.17 Å². The van der Waals surface area contributed by atoms with Crippen LogP contribution >= 0.6 is 0 Å². The predicted molar refractivity (Wildman–Crippen MR) is 31.4 cm³/mol. The molecule has 0 bridgehead atoms. The van der Waals surface area contributed by atoms with E-state index in [1.54, 1.807) is 6.08 Å². The molecule has 0 heterocycles. The van der Waals surface area contributed by atoms with E-state index in [2.05, 4.69) is 6.58 Å². The van der Waals surface area contributed by atoms with E-state index in [9.17, 15) is 4.39 Å². The zero-order valence-corrected chi connectivity index (χ0v) is 4.81. The van der Waals surface area contributed by atoms with Gasteiger partial charge in [-0.3, -0.25) is 0 Å². The van der Waals surface area contributed by atoms with E-state index in [1.807, 2.05) is 0 Å². The lowest BCUT2D eigenvalue weighted by Gasteiger charge is -1.98. The predicted octanol–water partition coefficient (Wildman–Crippen LogP) is 1.28. The summed E-state index contributed by atoms with van der Waals surface area (Å²) >= 11 is 0. The molecule has 0 aliphatic carbocycles. The molecular formula is C6H11FO. The Morgan fingerprint density at radius 2 is 2.38 bits per heavy atom. The van der Waals surface area contributed by atoms with Crippen molar-refractivity contribution in [2.24, 2.45) is 0 Å². The molecule has 0 spiro atoms. The van der Waals surface area contributed by atoms with Crippen LogP contribution in [0.25, 0.3) is 0 Å². The molecule has 0 aliphatic heterocycles. The highest BCUT2D eigenvalue weighted by atomic mass is 19.1. The Morgan fingerprint density at radius 3 is 2.75 bits per heavy atom. The Bertz CT molecular complexity index is 63.5. The van der Waals surface area contributed by atoms with Crippen LogP contribution in [-0.2, 0) is 0 Å². The van der Waals surface area contributed by atoms with Crippen molar-refractivity contribution in [1.29, 1.82) is 0 Å². The van der Waals surface area contributed by atoms with Crippen LogP contribution in [0.2, 0.25) is 0 Å². The lowest BCUT2D eigenvalue weighted by molar-refractivity contribution is 0.171. The highest BCUT2D eigenvalue weighted by Crippen LogP contribution is 1.99. The molecule has 0 amide bonds. The molecule has 0 rings (SSSR count). The fourth-order valence-corrected chi connectivity index (χ4v) is 0.390. The van der Waals surface area contributed by atoms with Gasteiger partial charge in [-0.1, -0.05) is 6.08 Å². The molecule has 0 aliphatic rings. The first-order valence-corrected chi connectivity index (χ1v) is 2.67. The van der Waals surface area contributed by atoms with E-state index in [-0.39, 0.29) is 6.61 Å². The third-order valence-electron chi connectivity index (χ3n) is 0.882. The second-order valence-electron chi connectivity index (χ2n) is 1.65. The Morgan fingerprint density at radius 1 is 1.75 bits per heavy atom. The first-order valence-electron chi connectivity index (χ1n) is 2.67. The molecule has 2 heteroatoms. The summed E-state index contributed by atoms with van der Waals surface area (Å²) in [5, 5.41) is 8.15. The van der Waals surface area contributed by atoms with Crippen LogP contribution in [-0.4, -0.2) is 17.9 Å². The average Bonchev–Trinajstić information content (AvgIpc) is 1.83. The molecule has 0 aromatic heterocycles. The maximum Gasteiger partial charge on any atom is 0.123 e. The molecule has 1 N–H and O–H groups in total. The van der Waals surface area contributed by atoms with Crippen LogP contribution in [0.3, 0.4) is 0 Å². The molecule has 48 valence electrons. The number of hydrogen-bond acceptors (Lipinski definition) is 1. The lowest BCUT2D eigenvalue weighted by Crippen LogP contribution is -2.04. The molecule has 1 atom stereocenters. The summed E-state index contributed by atoms with van der Waals surface area (Å²) in [5.74, 6) is 0. The zero-order chi connectivity index (χ0) is 6.41. The smallest absolute Gasteiger partial charge is 0.123 e. The number of rotatable bonds is 4. The summed E-state index contributed by atoms with van der Waals surface area (Å²) in [6.45, 7) is 3.05. The minimum Gasteiger partial charge on any atom is -0.393 e. The first-order chi connectivity index (χ1) is 3.81. The Labute approximate surface area is 48.8 Å².